The van der Waals surface area contributed by atoms with Crippen molar-refractivity contribution in [3.05, 3.63) is 47.5 Å². The van der Waals surface area contributed by atoms with Crippen molar-refractivity contribution < 1.29 is 59.1 Å². The van der Waals surface area contributed by atoms with Crippen LogP contribution in [0.4, 0.5) is 0 Å². The Morgan fingerprint density at radius 3 is 2.13 bits per heavy atom. The zero-order chi connectivity index (χ0) is 27.2. The summed E-state index contributed by atoms with van der Waals surface area (Å²) in [5.74, 6) is -0.0800. The quantitative estimate of drug-likeness (QED) is 0.282. The van der Waals surface area contributed by atoms with Gasteiger partial charge in [0.1, 0.15) is 36.1 Å². The molecule has 0 saturated carbocycles. The highest BCUT2D eigenvalue weighted by atomic mass is 16.7. The molecular weight excluding hydrogens is 504 g/mol. The third-order valence-corrected chi connectivity index (χ3v) is 7.59. The van der Waals surface area contributed by atoms with Crippen molar-refractivity contribution >= 4 is 0 Å². The zero-order valence-electron chi connectivity index (χ0n) is 20.8. The summed E-state index contributed by atoms with van der Waals surface area (Å²) < 4.78 is 35.1. The van der Waals surface area contributed by atoms with Gasteiger partial charge in [-0.1, -0.05) is 12.1 Å². The monoisotopic (exact) mass is 536 g/mol. The maximum atomic E-state index is 10.7. The Morgan fingerprint density at radius 1 is 0.868 bits per heavy atom. The van der Waals surface area contributed by atoms with Gasteiger partial charge in [0.2, 0.25) is 0 Å². The number of benzene rings is 2. The Hall–Kier alpha value is -2.68. The average Bonchev–Trinajstić information content (AvgIpc) is 3.46. The van der Waals surface area contributed by atoms with E-state index in [1.807, 2.05) is 0 Å². The minimum absolute atomic E-state index is 0.0194. The van der Waals surface area contributed by atoms with Crippen molar-refractivity contribution in [1.82, 2.24) is 0 Å². The molecule has 0 aromatic heterocycles. The van der Waals surface area contributed by atoms with Gasteiger partial charge in [0.15, 0.2) is 29.3 Å². The normalized spacial score (nSPS) is 36.7. The first kappa shape index (κ1) is 26.9. The largest absolute Gasteiger partial charge is 0.504 e. The van der Waals surface area contributed by atoms with E-state index >= 15 is 0 Å². The van der Waals surface area contributed by atoms with E-state index in [0.29, 0.717) is 11.1 Å². The first-order chi connectivity index (χ1) is 18.2. The lowest BCUT2D eigenvalue weighted by Gasteiger charge is -2.44. The molecule has 6 N–H and O–H groups in total. The standard InChI is InChI=1S/C26H32O12/c1-33-17-7-12(3-5-15(17)28)23-14-10-35-24(13-4-6-16(29)18(8-13)34-2)26(14,11-36-23)38-25-22(32)21(31)20(30)19(9-27)37-25/h3-8,14,19-25,27-32H,9-11H2,1-2H3/t14-,19-,20-,21+,22-,23-,24-,25+,26-/m1/s1. The van der Waals surface area contributed by atoms with Crippen molar-refractivity contribution in [2.75, 3.05) is 34.0 Å². The van der Waals surface area contributed by atoms with Crippen LogP contribution in [-0.4, -0.2) is 101 Å². The van der Waals surface area contributed by atoms with E-state index in [2.05, 4.69) is 0 Å². The molecule has 3 aliphatic rings. The molecule has 3 saturated heterocycles. The predicted octanol–water partition coefficient (Wildman–Crippen LogP) is 0.129. The summed E-state index contributed by atoms with van der Waals surface area (Å²) in [5.41, 5.74) is 0.0153. The predicted molar refractivity (Wildman–Crippen MR) is 128 cm³/mol. The molecule has 0 bridgehead atoms. The van der Waals surface area contributed by atoms with Crippen molar-refractivity contribution in [1.29, 1.82) is 0 Å². The lowest BCUT2D eigenvalue weighted by molar-refractivity contribution is -0.333. The molecule has 3 aliphatic heterocycles. The molecule has 12 heteroatoms. The van der Waals surface area contributed by atoms with Crippen LogP contribution >= 0.6 is 0 Å². The number of ether oxygens (including phenoxy) is 6. The number of aromatic hydroxyl groups is 2. The average molecular weight is 537 g/mol. The Labute approximate surface area is 218 Å². The fourth-order valence-corrected chi connectivity index (χ4v) is 5.54. The highest BCUT2D eigenvalue weighted by molar-refractivity contribution is 5.45. The molecule has 5 rings (SSSR count). The van der Waals surface area contributed by atoms with E-state index < -0.39 is 61.0 Å². The van der Waals surface area contributed by atoms with Crippen LogP contribution in [0.2, 0.25) is 0 Å². The van der Waals surface area contributed by atoms with E-state index in [4.69, 9.17) is 28.4 Å². The third-order valence-electron chi connectivity index (χ3n) is 7.59. The first-order valence-corrected chi connectivity index (χ1v) is 12.2. The van der Waals surface area contributed by atoms with Crippen LogP contribution < -0.4 is 9.47 Å². The van der Waals surface area contributed by atoms with E-state index in [0.717, 1.165) is 0 Å². The van der Waals surface area contributed by atoms with Crippen molar-refractivity contribution in [2.45, 2.75) is 48.5 Å². The summed E-state index contributed by atoms with van der Waals surface area (Å²) >= 11 is 0. The topological polar surface area (TPSA) is 177 Å². The number of aliphatic hydroxyl groups is 4. The number of methoxy groups -OCH3 is 2. The number of hydrogen-bond donors (Lipinski definition) is 6. The number of fused-ring (bicyclic) bond motifs is 1. The smallest absolute Gasteiger partial charge is 0.187 e. The molecule has 208 valence electrons. The van der Waals surface area contributed by atoms with Gasteiger partial charge in [-0.05, 0) is 35.4 Å². The molecule has 3 fully saturated rings. The Balaban J connectivity index is 1.54. The van der Waals surface area contributed by atoms with Gasteiger partial charge in [0.25, 0.3) is 0 Å². The van der Waals surface area contributed by atoms with Gasteiger partial charge in [-0.15, -0.1) is 0 Å². The highest BCUT2D eigenvalue weighted by Gasteiger charge is 2.63. The summed E-state index contributed by atoms with van der Waals surface area (Å²) in [6, 6.07) is 9.57. The summed E-state index contributed by atoms with van der Waals surface area (Å²) in [7, 11) is 2.86. The van der Waals surface area contributed by atoms with E-state index in [9.17, 15) is 30.6 Å². The summed E-state index contributed by atoms with van der Waals surface area (Å²) in [4.78, 5) is 0. The second-order valence-electron chi connectivity index (χ2n) is 9.68. The van der Waals surface area contributed by atoms with Gasteiger partial charge in [0.05, 0.1) is 40.1 Å². The van der Waals surface area contributed by atoms with Crippen molar-refractivity contribution in [2.24, 2.45) is 5.92 Å². The maximum absolute atomic E-state index is 10.7. The molecule has 0 unspecified atom stereocenters. The molecule has 3 heterocycles. The number of rotatable bonds is 7. The van der Waals surface area contributed by atoms with Gasteiger partial charge >= 0.3 is 0 Å². The molecule has 38 heavy (non-hydrogen) atoms. The molecule has 0 spiro atoms. The minimum atomic E-state index is -1.63. The van der Waals surface area contributed by atoms with Crippen LogP contribution in [0, 0.1) is 5.92 Å². The van der Waals surface area contributed by atoms with Crippen LogP contribution in [0.15, 0.2) is 36.4 Å². The number of aliphatic hydroxyl groups excluding tert-OH is 4. The number of phenolic OH excluding ortho intramolecular Hbond substituents is 2. The fourth-order valence-electron chi connectivity index (χ4n) is 5.54. The molecule has 2 aromatic carbocycles. The van der Waals surface area contributed by atoms with Gasteiger partial charge in [-0.3, -0.25) is 0 Å². The first-order valence-electron chi connectivity index (χ1n) is 12.2. The SMILES string of the molecule is COc1cc([C@H]2OC[C@]3(O[C@@H]4O[C@H](CO)[C@@H](O)[C@H](O)[C@H]4O)[C@@H](c4ccc(O)c(OC)c4)OC[C@H]23)ccc1O. The van der Waals surface area contributed by atoms with Crippen LogP contribution in [0.5, 0.6) is 23.0 Å². The Bertz CT molecular complexity index is 1140. The molecule has 12 nitrogen and oxygen atoms in total. The maximum Gasteiger partial charge on any atom is 0.187 e. The Morgan fingerprint density at radius 2 is 1.50 bits per heavy atom. The molecule has 0 radical (unpaired) electrons. The van der Waals surface area contributed by atoms with E-state index in [-0.39, 0.29) is 36.2 Å². The van der Waals surface area contributed by atoms with Crippen molar-refractivity contribution in [3.63, 3.8) is 0 Å². The van der Waals surface area contributed by atoms with Crippen LogP contribution in [-0.2, 0) is 18.9 Å². The highest BCUT2D eigenvalue weighted by Crippen LogP contribution is 2.57. The van der Waals surface area contributed by atoms with E-state index in [1.54, 1.807) is 24.3 Å². The fraction of sp³-hybridized carbons (Fsp3) is 0.538. The summed E-state index contributed by atoms with van der Waals surface area (Å²) in [5, 5.41) is 61.2. The van der Waals surface area contributed by atoms with Gasteiger partial charge < -0.3 is 59.1 Å². The van der Waals surface area contributed by atoms with Gasteiger partial charge in [-0.25, -0.2) is 0 Å². The van der Waals surface area contributed by atoms with Crippen molar-refractivity contribution in [3.8, 4) is 23.0 Å². The second kappa shape index (κ2) is 10.5. The second-order valence-corrected chi connectivity index (χ2v) is 9.68. The lowest BCUT2D eigenvalue weighted by Crippen LogP contribution is -2.61. The summed E-state index contributed by atoms with van der Waals surface area (Å²) in [6.45, 7) is -0.462. The number of hydrogen-bond acceptors (Lipinski definition) is 12. The lowest BCUT2D eigenvalue weighted by atomic mass is 9.80. The minimum Gasteiger partial charge on any atom is -0.504 e. The van der Waals surface area contributed by atoms with Crippen LogP contribution in [0.25, 0.3) is 0 Å². The molecule has 2 aromatic rings. The van der Waals surface area contributed by atoms with Gasteiger partial charge in [-0.2, -0.15) is 0 Å². The third kappa shape index (κ3) is 4.36. The zero-order valence-corrected chi connectivity index (χ0v) is 20.8. The molecule has 9 atom stereocenters. The van der Waals surface area contributed by atoms with Crippen LogP contribution in [0.3, 0.4) is 0 Å². The molecule has 0 aliphatic carbocycles. The van der Waals surface area contributed by atoms with Gasteiger partial charge in [0, 0.05) is 5.92 Å². The van der Waals surface area contributed by atoms with E-state index in [1.165, 1.54) is 26.4 Å². The Kier molecular flexibility index (Phi) is 7.42. The molecule has 0 amide bonds. The summed E-state index contributed by atoms with van der Waals surface area (Å²) in [6.07, 6.45) is -8.76. The van der Waals surface area contributed by atoms with Crippen LogP contribution in [0.1, 0.15) is 23.3 Å². The number of phenols is 2. The molecular formula is C26H32O12.